The summed E-state index contributed by atoms with van der Waals surface area (Å²) in [4.78, 5) is 120. The first-order valence-corrected chi connectivity index (χ1v) is 23.3. The highest BCUT2D eigenvalue weighted by molar-refractivity contribution is 6.12. The van der Waals surface area contributed by atoms with Gasteiger partial charge in [0.15, 0.2) is 17.2 Å². The Bertz CT molecular complexity index is 2690. The number of carbonyl (C=O) groups is 8. The monoisotopic (exact) mass is 989 g/mol. The average Bonchev–Trinajstić information content (AvgIpc) is 3.88. The molecule has 0 radical (unpaired) electrons. The number of cyclic esters (lactones) is 1. The number of ether oxygens (including phenoxy) is 4. The maximum Gasteiger partial charge on any atom is 0.407 e. The lowest BCUT2D eigenvalue weighted by molar-refractivity contribution is -0.172. The number of aliphatic hydroxyl groups is 1. The second kappa shape index (κ2) is 23.1. The molecular weight excluding hydrogens is 934 g/mol. The van der Waals surface area contributed by atoms with Crippen LogP contribution < -0.4 is 36.9 Å². The molecule has 6 heterocycles. The van der Waals surface area contributed by atoms with Gasteiger partial charge in [-0.1, -0.05) is 6.92 Å². The van der Waals surface area contributed by atoms with Crippen molar-refractivity contribution >= 4 is 58.4 Å². The number of carbonyl (C=O) groups excluding carboxylic acids is 8. The number of pyridine rings is 2. The number of aromatic nitrogens is 2. The van der Waals surface area contributed by atoms with Crippen LogP contribution in [0.4, 0.5) is 9.18 Å². The molecule has 7 rings (SSSR count). The van der Waals surface area contributed by atoms with Gasteiger partial charge < -0.3 is 55.2 Å². The van der Waals surface area contributed by atoms with Crippen molar-refractivity contribution in [2.45, 2.75) is 83.2 Å². The molecule has 1 aromatic carbocycles. The third-order valence-corrected chi connectivity index (χ3v) is 12.5. The molecule has 71 heavy (non-hydrogen) atoms. The van der Waals surface area contributed by atoms with Crippen LogP contribution in [-0.4, -0.2) is 144 Å². The Hall–Kier alpha value is -7.31. The van der Waals surface area contributed by atoms with Crippen molar-refractivity contribution in [2.24, 2.45) is 0 Å². The molecule has 2 atom stereocenters. The number of methoxy groups -OCH3 is 1. The smallest absolute Gasteiger partial charge is 0.407 e. The van der Waals surface area contributed by atoms with Crippen LogP contribution in [0.1, 0.15) is 74.1 Å². The number of alkyl carbamates (subject to hydrolysis) is 1. The fraction of sp³-hybridized carbons (Fsp3) is 0.489. The van der Waals surface area contributed by atoms with Crippen LogP contribution in [-0.2, 0) is 73.1 Å². The number of amides is 7. The van der Waals surface area contributed by atoms with Crippen LogP contribution in [0.25, 0.3) is 22.3 Å². The summed E-state index contributed by atoms with van der Waals surface area (Å²) in [6, 6.07) is 3.61. The molecule has 2 aromatic heterocycles. The van der Waals surface area contributed by atoms with Crippen molar-refractivity contribution in [2.75, 3.05) is 66.3 Å². The van der Waals surface area contributed by atoms with Crippen LogP contribution >= 0.6 is 0 Å². The molecule has 3 aromatic rings. The highest BCUT2D eigenvalue weighted by Crippen LogP contribution is 2.41. The molecule has 0 aliphatic carbocycles. The van der Waals surface area contributed by atoms with Gasteiger partial charge in [0.1, 0.15) is 26.0 Å². The zero-order valence-corrected chi connectivity index (χ0v) is 39.3. The average molecular weight is 990 g/mol. The molecule has 6 N–H and O–H groups in total. The van der Waals surface area contributed by atoms with E-state index in [1.165, 1.54) is 17.7 Å². The molecule has 23 nitrogen and oxygen atoms in total. The Morgan fingerprint density at radius 3 is 2.34 bits per heavy atom. The lowest BCUT2D eigenvalue weighted by Crippen LogP contribution is -2.47. The Morgan fingerprint density at radius 2 is 1.58 bits per heavy atom. The minimum atomic E-state index is -1.99. The highest BCUT2D eigenvalue weighted by atomic mass is 19.1. The number of esters is 1. The van der Waals surface area contributed by atoms with Crippen LogP contribution in [0.2, 0.25) is 0 Å². The third-order valence-electron chi connectivity index (χ3n) is 12.5. The van der Waals surface area contributed by atoms with Gasteiger partial charge in [-0.05, 0) is 37.8 Å². The number of benzene rings is 1. The number of fused-ring (bicyclic) bond motifs is 7. The van der Waals surface area contributed by atoms with E-state index in [1.807, 2.05) is 11.0 Å². The first kappa shape index (κ1) is 51.5. The predicted octanol–water partition coefficient (Wildman–Crippen LogP) is -0.158. The van der Waals surface area contributed by atoms with Gasteiger partial charge in [0.2, 0.25) is 23.6 Å². The van der Waals surface area contributed by atoms with Crippen molar-refractivity contribution < 1.29 is 66.8 Å². The maximum atomic E-state index is 15.5. The van der Waals surface area contributed by atoms with E-state index in [0.717, 1.165) is 17.1 Å². The molecule has 0 saturated heterocycles. The molecule has 7 amide bonds. The Morgan fingerprint density at radius 1 is 0.845 bits per heavy atom. The molecule has 4 aliphatic rings. The Kier molecular flexibility index (Phi) is 16.7. The quantitative estimate of drug-likeness (QED) is 0.0320. The summed E-state index contributed by atoms with van der Waals surface area (Å²) < 4.78 is 38.2. The summed E-state index contributed by atoms with van der Waals surface area (Å²) in [5.74, 6) is -4.09. The fourth-order valence-corrected chi connectivity index (χ4v) is 8.62. The Labute approximate surface area is 405 Å². The lowest BCUT2D eigenvalue weighted by Gasteiger charge is -2.31. The van der Waals surface area contributed by atoms with Gasteiger partial charge in [-0.3, -0.25) is 43.4 Å². The van der Waals surface area contributed by atoms with Gasteiger partial charge in [0.25, 0.3) is 17.4 Å². The number of nitrogens with one attached hydrogen (secondary N) is 5. The summed E-state index contributed by atoms with van der Waals surface area (Å²) in [5, 5.41) is 24.9. The number of halogens is 1. The summed E-state index contributed by atoms with van der Waals surface area (Å²) in [7, 11) is 1.49. The van der Waals surface area contributed by atoms with E-state index in [2.05, 4.69) is 26.6 Å². The SMILES string of the molecule is CC[C@@]1(O)C(=O)OCc2c1cc1n(c2=O)Cc2cc3c4c(c(F)cc3nc2-1)OCN(CCOC(=O)NCCNC(=O)CCCNC(=O)[C@H](CCC(=O)NCCOC)NC(=O)CCCN1C(=O)C=CC1=O)C4. The largest absolute Gasteiger partial charge is 0.475 e. The van der Waals surface area contributed by atoms with Crippen molar-refractivity contribution in [3.05, 3.63) is 68.8 Å². The summed E-state index contributed by atoms with van der Waals surface area (Å²) in [6.07, 6.45) is 1.83. The van der Waals surface area contributed by atoms with Gasteiger partial charge in [0.05, 0.1) is 35.6 Å². The van der Waals surface area contributed by atoms with Gasteiger partial charge in [-0.2, -0.15) is 0 Å². The zero-order chi connectivity index (χ0) is 50.8. The second-order valence-electron chi connectivity index (χ2n) is 17.2. The van der Waals surface area contributed by atoms with E-state index in [-0.39, 0.29) is 146 Å². The van der Waals surface area contributed by atoms with Crippen molar-refractivity contribution in [3.63, 3.8) is 0 Å². The summed E-state index contributed by atoms with van der Waals surface area (Å²) >= 11 is 0. The molecule has 0 spiro atoms. The van der Waals surface area contributed by atoms with E-state index in [0.29, 0.717) is 40.0 Å². The normalized spacial score (nSPS) is 17.1. The highest BCUT2D eigenvalue weighted by Gasteiger charge is 2.45. The van der Waals surface area contributed by atoms with Crippen LogP contribution in [0, 0.1) is 5.82 Å². The van der Waals surface area contributed by atoms with E-state index in [9.17, 15) is 48.3 Å². The zero-order valence-electron chi connectivity index (χ0n) is 39.3. The summed E-state index contributed by atoms with van der Waals surface area (Å²) in [5.41, 5.74) is 0.297. The van der Waals surface area contributed by atoms with Crippen LogP contribution in [0.5, 0.6) is 5.75 Å². The van der Waals surface area contributed by atoms with Crippen molar-refractivity contribution in [3.8, 4) is 17.1 Å². The van der Waals surface area contributed by atoms with Crippen molar-refractivity contribution in [1.29, 1.82) is 0 Å². The minimum Gasteiger partial charge on any atom is -0.475 e. The summed E-state index contributed by atoms with van der Waals surface area (Å²) in [6.45, 7) is 2.75. The van der Waals surface area contributed by atoms with Gasteiger partial charge in [0, 0.05) is 112 Å². The number of nitrogens with zero attached hydrogens (tertiary/aromatic N) is 4. The molecule has 4 aliphatic heterocycles. The number of rotatable bonds is 23. The van der Waals surface area contributed by atoms with Gasteiger partial charge in [-0.25, -0.2) is 19.0 Å². The molecule has 380 valence electrons. The van der Waals surface area contributed by atoms with Crippen LogP contribution in [0.3, 0.4) is 0 Å². The minimum absolute atomic E-state index is 0.00569. The number of hydrogen-bond acceptors (Lipinski definition) is 16. The molecular formula is C47H56FN9O14. The van der Waals surface area contributed by atoms with E-state index < -0.39 is 58.7 Å². The van der Waals surface area contributed by atoms with E-state index >= 15 is 4.39 Å². The molecule has 0 unspecified atom stereocenters. The number of hydrogen-bond donors (Lipinski definition) is 6. The molecule has 0 fully saturated rings. The first-order chi connectivity index (χ1) is 34.1. The van der Waals surface area contributed by atoms with Crippen molar-refractivity contribution in [1.82, 2.24) is 45.9 Å². The Balaban J connectivity index is 0.814. The topological polar surface area (TPSA) is 295 Å². The second-order valence-corrected chi connectivity index (χ2v) is 17.2. The molecule has 24 heteroatoms. The van der Waals surface area contributed by atoms with E-state index in [1.54, 1.807) is 13.0 Å². The third kappa shape index (κ3) is 12.0. The lowest BCUT2D eigenvalue weighted by atomic mass is 9.86. The first-order valence-electron chi connectivity index (χ1n) is 23.3. The predicted molar refractivity (Wildman–Crippen MR) is 246 cm³/mol. The van der Waals surface area contributed by atoms with Gasteiger partial charge >= 0.3 is 12.1 Å². The van der Waals surface area contributed by atoms with Gasteiger partial charge in [-0.15, -0.1) is 0 Å². The molecule has 0 bridgehead atoms. The molecule has 0 saturated carbocycles. The maximum absolute atomic E-state index is 15.5. The standard InChI is InChI=1S/C47H56FN9O14/c1-3-47(67)31-21-35-41-27(23-57(35)44(64)30(31)25-70-45(47)65)20-28-29-24-55(26-71-42(29)32(48)22-34(28)54-41)17-19-69-46(66)52-14-13-49-36(58)6-4-12-51-43(63)33(8-9-37(59)50-15-18-68-2)53-38(60)7-5-16-56-39(61)10-11-40(56)62/h10-11,20-22,33,67H,3-9,12-19,23-26H2,1-2H3,(H,49,58)(H,50,59)(H,51,63)(H,52,66)(H,53,60)/t33-,47-/m0/s1. The van der Waals surface area contributed by atoms with Crippen LogP contribution in [0.15, 0.2) is 35.1 Å². The number of imide groups is 1. The van der Waals surface area contributed by atoms with E-state index in [4.69, 9.17) is 23.9 Å². The fourth-order valence-electron chi connectivity index (χ4n) is 8.62.